The van der Waals surface area contributed by atoms with Crippen LogP contribution in [0.5, 0.6) is 0 Å². The highest BCUT2D eigenvalue weighted by Crippen LogP contribution is 2.36. The molecule has 1 saturated heterocycles. The van der Waals surface area contributed by atoms with E-state index in [4.69, 9.17) is 0 Å². The lowest BCUT2D eigenvalue weighted by atomic mass is 9.82. The normalized spacial score (nSPS) is 22.4. The van der Waals surface area contributed by atoms with E-state index in [1.165, 1.54) is 5.56 Å². The van der Waals surface area contributed by atoms with Gasteiger partial charge in [-0.15, -0.1) is 11.3 Å². The average Bonchev–Trinajstić information content (AvgIpc) is 2.29. The molecule has 1 aromatic rings. The van der Waals surface area contributed by atoms with Crippen LogP contribution in [0, 0.1) is 12.8 Å². The number of hydrogen-bond donors (Lipinski definition) is 2. The molecule has 72 valence electrons. The van der Waals surface area contributed by atoms with E-state index in [0.717, 1.165) is 18.0 Å². The molecule has 1 aliphatic heterocycles. The molecule has 1 unspecified atom stereocenters. The molecule has 0 aliphatic carbocycles. The Morgan fingerprint density at radius 1 is 1.62 bits per heavy atom. The van der Waals surface area contributed by atoms with Crippen LogP contribution in [0.15, 0.2) is 11.4 Å². The molecule has 2 heterocycles. The van der Waals surface area contributed by atoms with E-state index in [-0.39, 0.29) is 0 Å². The number of hydrogen-bond acceptors (Lipinski definition) is 3. The van der Waals surface area contributed by atoms with Gasteiger partial charge in [-0.2, -0.15) is 0 Å². The van der Waals surface area contributed by atoms with Gasteiger partial charge in [0.1, 0.15) is 5.60 Å². The summed E-state index contributed by atoms with van der Waals surface area (Å²) in [5.41, 5.74) is 0.575. The molecular formula is C10H15NOS. The SMILES string of the molecule is Cc1ccsc1C(C)(O)C1CNC1. The molecule has 1 atom stereocenters. The van der Waals surface area contributed by atoms with Crippen LogP contribution in [0.25, 0.3) is 0 Å². The van der Waals surface area contributed by atoms with Crippen molar-refractivity contribution in [1.82, 2.24) is 5.32 Å². The molecule has 13 heavy (non-hydrogen) atoms. The molecule has 2 nitrogen and oxygen atoms in total. The Morgan fingerprint density at radius 2 is 2.31 bits per heavy atom. The maximum absolute atomic E-state index is 10.3. The molecule has 0 amide bonds. The van der Waals surface area contributed by atoms with E-state index in [0.29, 0.717) is 5.92 Å². The van der Waals surface area contributed by atoms with Crippen molar-refractivity contribution in [3.8, 4) is 0 Å². The monoisotopic (exact) mass is 197 g/mol. The maximum atomic E-state index is 10.3. The standard InChI is InChI=1S/C10H15NOS/c1-7-3-4-13-9(7)10(2,12)8-5-11-6-8/h3-4,8,11-12H,5-6H2,1-2H3. The van der Waals surface area contributed by atoms with Gasteiger partial charge in [0.15, 0.2) is 0 Å². The number of rotatable bonds is 2. The lowest BCUT2D eigenvalue weighted by molar-refractivity contribution is -0.0252. The molecular weight excluding hydrogens is 182 g/mol. The molecule has 2 rings (SSSR count). The molecule has 3 heteroatoms. The van der Waals surface area contributed by atoms with Crippen LogP contribution in [-0.2, 0) is 5.60 Å². The fraction of sp³-hybridized carbons (Fsp3) is 0.600. The number of nitrogens with one attached hydrogen (secondary N) is 1. The second kappa shape index (κ2) is 3.08. The van der Waals surface area contributed by atoms with Crippen molar-refractivity contribution in [1.29, 1.82) is 0 Å². The van der Waals surface area contributed by atoms with Crippen molar-refractivity contribution in [2.75, 3.05) is 13.1 Å². The summed E-state index contributed by atoms with van der Waals surface area (Å²) in [6.07, 6.45) is 0. The zero-order valence-corrected chi connectivity index (χ0v) is 8.82. The minimum absolute atomic E-state index is 0.379. The zero-order chi connectivity index (χ0) is 9.47. The van der Waals surface area contributed by atoms with Crippen LogP contribution >= 0.6 is 11.3 Å². The van der Waals surface area contributed by atoms with Gasteiger partial charge in [-0.1, -0.05) is 0 Å². The van der Waals surface area contributed by atoms with Crippen LogP contribution in [0.2, 0.25) is 0 Å². The van der Waals surface area contributed by atoms with E-state index < -0.39 is 5.60 Å². The van der Waals surface area contributed by atoms with Crippen LogP contribution in [0.3, 0.4) is 0 Å². The van der Waals surface area contributed by atoms with Gasteiger partial charge < -0.3 is 10.4 Å². The highest BCUT2D eigenvalue weighted by molar-refractivity contribution is 7.10. The first-order valence-corrected chi connectivity index (χ1v) is 5.48. The minimum Gasteiger partial charge on any atom is -0.384 e. The van der Waals surface area contributed by atoms with Crippen molar-refractivity contribution in [3.63, 3.8) is 0 Å². The highest BCUT2D eigenvalue weighted by Gasteiger charge is 2.39. The van der Waals surface area contributed by atoms with Gasteiger partial charge in [0.2, 0.25) is 0 Å². The summed E-state index contributed by atoms with van der Waals surface area (Å²) in [7, 11) is 0. The summed E-state index contributed by atoms with van der Waals surface area (Å²) in [6, 6.07) is 2.07. The van der Waals surface area contributed by atoms with Crippen LogP contribution in [-0.4, -0.2) is 18.2 Å². The summed E-state index contributed by atoms with van der Waals surface area (Å²) in [4.78, 5) is 1.12. The van der Waals surface area contributed by atoms with Gasteiger partial charge in [0.25, 0.3) is 0 Å². The molecule has 0 aromatic carbocycles. The first-order valence-electron chi connectivity index (χ1n) is 4.60. The third-order valence-corrected chi connectivity index (χ3v) is 4.14. The molecule has 0 bridgehead atoms. The third-order valence-electron chi connectivity index (χ3n) is 2.90. The topological polar surface area (TPSA) is 32.3 Å². The molecule has 1 fully saturated rings. The van der Waals surface area contributed by atoms with Crippen molar-refractivity contribution >= 4 is 11.3 Å². The third kappa shape index (κ3) is 1.41. The lowest BCUT2D eigenvalue weighted by Crippen LogP contribution is -2.52. The van der Waals surface area contributed by atoms with Gasteiger partial charge in [-0.3, -0.25) is 0 Å². The molecule has 0 radical (unpaired) electrons. The molecule has 1 aromatic heterocycles. The van der Waals surface area contributed by atoms with E-state index >= 15 is 0 Å². The Labute approximate surface area is 82.6 Å². The predicted molar refractivity (Wildman–Crippen MR) is 55.0 cm³/mol. The summed E-state index contributed by atoms with van der Waals surface area (Å²) < 4.78 is 0. The minimum atomic E-state index is -0.635. The zero-order valence-electron chi connectivity index (χ0n) is 8.00. The highest BCUT2D eigenvalue weighted by atomic mass is 32.1. The summed E-state index contributed by atoms with van der Waals surface area (Å²) in [5, 5.41) is 15.6. The summed E-state index contributed by atoms with van der Waals surface area (Å²) in [5.74, 6) is 0.379. The molecule has 1 aliphatic rings. The second-order valence-corrected chi connectivity index (χ2v) is 4.85. The second-order valence-electron chi connectivity index (χ2n) is 3.94. The van der Waals surface area contributed by atoms with E-state index in [1.54, 1.807) is 11.3 Å². The van der Waals surface area contributed by atoms with Crippen molar-refractivity contribution in [2.24, 2.45) is 5.92 Å². The number of aliphatic hydroxyl groups is 1. The van der Waals surface area contributed by atoms with Gasteiger partial charge in [0.05, 0.1) is 0 Å². The summed E-state index contributed by atoms with van der Waals surface area (Å²) in [6.45, 7) is 5.86. The fourth-order valence-electron chi connectivity index (χ4n) is 1.76. The molecule has 0 spiro atoms. The van der Waals surface area contributed by atoms with E-state index in [1.807, 2.05) is 12.3 Å². The lowest BCUT2D eigenvalue weighted by Gasteiger charge is -2.39. The predicted octanol–water partition coefficient (Wildman–Crippen LogP) is 1.48. The van der Waals surface area contributed by atoms with E-state index in [2.05, 4.69) is 18.3 Å². The van der Waals surface area contributed by atoms with Gasteiger partial charge >= 0.3 is 0 Å². The first kappa shape index (κ1) is 9.19. The van der Waals surface area contributed by atoms with E-state index in [9.17, 15) is 5.11 Å². The molecule has 2 N–H and O–H groups in total. The van der Waals surface area contributed by atoms with Crippen molar-refractivity contribution in [3.05, 3.63) is 21.9 Å². The number of aryl methyl sites for hydroxylation is 1. The van der Waals surface area contributed by atoms with Crippen molar-refractivity contribution < 1.29 is 5.11 Å². The van der Waals surface area contributed by atoms with Gasteiger partial charge in [-0.05, 0) is 30.9 Å². The first-order chi connectivity index (χ1) is 6.12. The Hall–Kier alpha value is -0.380. The smallest absolute Gasteiger partial charge is 0.101 e. The Bertz CT molecular complexity index is 302. The number of thiophene rings is 1. The fourth-order valence-corrected chi connectivity index (χ4v) is 2.83. The molecule has 0 saturated carbocycles. The van der Waals surface area contributed by atoms with Gasteiger partial charge in [-0.25, -0.2) is 0 Å². The van der Waals surface area contributed by atoms with Crippen LogP contribution in [0.4, 0.5) is 0 Å². The van der Waals surface area contributed by atoms with Crippen LogP contribution in [0.1, 0.15) is 17.4 Å². The Kier molecular flexibility index (Phi) is 2.18. The Balaban J connectivity index is 2.27. The quantitative estimate of drug-likeness (QED) is 0.752. The van der Waals surface area contributed by atoms with Crippen molar-refractivity contribution in [2.45, 2.75) is 19.4 Å². The Morgan fingerprint density at radius 3 is 2.69 bits per heavy atom. The maximum Gasteiger partial charge on any atom is 0.101 e. The summed E-state index contributed by atoms with van der Waals surface area (Å²) >= 11 is 1.66. The van der Waals surface area contributed by atoms with Crippen LogP contribution < -0.4 is 5.32 Å². The largest absolute Gasteiger partial charge is 0.384 e. The van der Waals surface area contributed by atoms with Gasteiger partial charge in [0, 0.05) is 23.9 Å². The average molecular weight is 197 g/mol.